The third kappa shape index (κ3) is 0.959. The Kier molecular flexibility index (Phi) is 1.46. The van der Waals surface area contributed by atoms with E-state index in [9.17, 15) is 0 Å². The smallest absolute Gasteiger partial charge is 0.131 e. The first-order valence-corrected chi connectivity index (χ1v) is 4.16. The molecule has 0 atom stereocenters. The fourth-order valence-corrected chi connectivity index (χ4v) is 1.54. The highest BCUT2D eigenvalue weighted by Crippen LogP contribution is 2.16. The van der Waals surface area contributed by atoms with Gasteiger partial charge in [0, 0.05) is 5.69 Å². The van der Waals surface area contributed by atoms with E-state index in [0.717, 1.165) is 10.1 Å². The molecule has 0 N–H and O–H groups in total. The Hall–Kier alpha value is -0.830. The zero-order chi connectivity index (χ0) is 7.84. The van der Waals surface area contributed by atoms with Crippen LogP contribution in [0.25, 0.3) is 5.52 Å². The number of hydrogen-bond acceptors (Lipinski definition) is 1. The van der Waals surface area contributed by atoms with Crippen molar-refractivity contribution in [2.45, 2.75) is 6.92 Å². The van der Waals surface area contributed by atoms with Gasteiger partial charge in [-0.3, -0.25) is 0 Å². The van der Waals surface area contributed by atoms with Crippen LogP contribution in [0.5, 0.6) is 0 Å². The van der Waals surface area contributed by atoms with Gasteiger partial charge in [0.05, 0.1) is 5.52 Å². The molecule has 0 fully saturated rings. The molecule has 0 aliphatic heterocycles. The summed E-state index contributed by atoms with van der Waals surface area (Å²) < 4.78 is 2.95. The molecule has 0 unspecified atom stereocenters. The van der Waals surface area contributed by atoms with Gasteiger partial charge in [0.25, 0.3) is 0 Å². The number of pyridine rings is 1. The molecule has 56 valence electrons. The summed E-state index contributed by atoms with van der Waals surface area (Å²) >= 11 is 3.37. The van der Waals surface area contributed by atoms with Gasteiger partial charge in [-0.05, 0) is 35.0 Å². The zero-order valence-electron chi connectivity index (χ0n) is 6.08. The van der Waals surface area contributed by atoms with E-state index in [2.05, 4.69) is 33.9 Å². The van der Waals surface area contributed by atoms with Crippen LogP contribution in [0.3, 0.4) is 0 Å². The van der Waals surface area contributed by atoms with Crippen molar-refractivity contribution in [2.75, 3.05) is 0 Å². The third-order valence-electron chi connectivity index (χ3n) is 1.73. The lowest BCUT2D eigenvalue weighted by Crippen LogP contribution is -1.86. The summed E-state index contributed by atoms with van der Waals surface area (Å²) in [5, 5.41) is 0. The molecule has 0 bridgehead atoms. The molecule has 2 nitrogen and oxygen atoms in total. The standard InChI is InChI=1S/C8H7BrN2/c1-6-3-2-4-7-8(9)10-5-11(6)7/h2-5H,1H3. The number of aryl methyl sites for hydroxylation is 1. The van der Waals surface area contributed by atoms with Crippen molar-refractivity contribution < 1.29 is 0 Å². The molecule has 0 aromatic carbocycles. The van der Waals surface area contributed by atoms with Crippen molar-refractivity contribution in [3.63, 3.8) is 0 Å². The van der Waals surface area contributed by atoms with Crippen molar-refractivity contribution in [2.24, 2.45) is 0 Å². The van der Waals surface area contributed by atoms with Gasteiger partial charge in [-0.2, -0.15) is 0 Å². The van der Waals surface area contributed by atoms with Crippen LogP contribution in [0.1, 0.15) is 5.69 Å². The average Bonchev–Trinajstić information content (AvgIpc) is 2.35. The Morgan fingerprint density at radius 2 is 2.27 bits per heavy atom. The molecule has 0 saturated carbocycles. The lowest BCUT2D eigenvalue weighted by molar-refractivity contribution is 1.07. The van der Waals surface area contributed by atoms with Crippen LogP contribution in [0, 0.1) is 6.92 Å². The first kappa shape index (κ1) is 6.85. The monoisotopic (exact) mass is 210 g/mol. The largest absolute Gasteiger partial charge is 0.302 e. The second-order valence-corrected chi connectivity index (χ2v) is 3.21. The lowest BCUT2D eigenvalue weighted by Gasteiger charge is -1.96. The first-order valence-electron chi connectivity index (χ1n) is 3.37. The summed E-state index contributed by atoms with van der Waals surface area (Å²) in [4.78, 5) is 4.14. The predicted octanol–water partition coefficient (Wildman–Crippen LogP) is 2.41. The summed E-state index contributed by atoms with van der Waals surface area (Å²) in [5.41, 5.74) is 2.31. The van der Waals surface area contributed by atoms with E-state index in [0.29, 0.717) is 0 Å². The highest BCUT2D eigenvalue weighted by atomic mass is 79.9. The number of nitrogens with zero attached hydrogens (tertiary/aromatic N) is 2. The summed E-state index contributed by atoms with van der Waals surface area (Å²) in [6.45, 7) is 2.06. The number of hydrogen-bond donors (Lipinski definition) is 0. The molecule has 0 amide bonds. The van der Waals surface area contributed by atoms with Gasteiger partial charge < -0.3 is 4.40 Å². The number of aromatic nitrogens is 2. The van der Waals surface area contributed by atoms with Gasteiger partial charge in [0.2, 0.25) is 0 Å². The fourth-order valence-electron chi connectivity index (χ4n) is 1.13. The van der Waals surface area contributed by atoms with Crippen LogP contribution < -0.4 is 0 Å². The van der Waals surface area contributed by atoms with E-state index in [-0.39, 0.29) is 0 Å². The maximum atomic E-state index is 4.14. The van der Waals surface area contributed by atoms with Gasteiger partial charge in [-0.1, -0.05) is 6.07 Å². The Morgan fingerprint density at radius 1 is 1.45 bits per heavy atom. The topological polar surface area (TPSA) is 17.3 Å². The SMILES string of the molecule is Cc1cccc2c(Br)ncn12. The van der Waals surface area contributed by atoms with Crippen molar-refractivity contribution in [3.05, 3.63) is 34.8 Å². The van der Waals surface area contributed by atoms with Gasteiger partial charge in [0.15, 0.2) is 0 Å². The fraction of sp³-hybridized carbons (Fsp3) is 0.125. The number of fused-ring (bicyclic) bond motifs is 1. The Morgan fingerprint density at radius 3 is 3.00 bits per heavy atom. The molecule has 2 rings (SSSR count). The molecule has 0 saturated heterocycles. The molecule has 2 aromatic heterocycles. The minimum absolute atomic E-state index is 0.904. The maximum absolute atomic E-state index is 4.14. The molecular formula is C8H7BrN2. The van der Waals surface area contributed by atoms with Crippen LogP contribution in [0.2, 0.25) is 0 Å². The van der Waals surface area contributed by atoms with Crippen LogP contribution in [0.15, 0.2) is 29.1 Å². The minimum Gasteiger partial charge on any atom is -0.302 e. The van der Waals surface area contributed by atoms with Crippen LogP contribution >= 0.6 is 15.9 Å². The molecule has 0 spiro atoms. The first-order chi connectivity index (χ1) is 5.29. The van der Waals surface area contributed by atoms with Gasteiger partial charge in [-0.25, -0.2) is 4.98 Å². The molecule has 2 aromatic rings. The van der Waals surface area contributed by atoms with E-state index in [1.54, 1.807) is 0 Å². The van der Waals surface area contributed by atoms with Crippen molar-refractivity contribution in [1.29, 1.82) is 0 Å². The second-order valence-electron chi connectivity index (χ2n) is 2.46. The second kappa shape index (κ2) is 2.34. The van der Waals surface area contributed by atoms with Crippen LogP contribution in [-0.2, 0) is 0 Å². The molecule has 11 heavy (non-hydrogen) atoms. The summed E-state index contributed by atoms with van der Waals surface area (Å²) in [5.74, 6) is 0. The van der Waals surface area contributed by atoms with Crippen molar-refractivity contribution in [1.82, 2.24) is 9.38 Å². The lowest BCUT2D eigenvalue weighted by atomic mass is 10.3. The third-order valence-corrected chi connectivity index (χ3v) is 2.34. The van der Waals surface area contributed by atoms with E-state index < -0.39 is 0 Å². The van der Waals surface area contributed by atoms with Crippen LogP contribution in [-0.4, -0.2) is 9.38 Å². The molecule has 0 aliphatic carbocycles. The highest BCUT2D eigenvalue weighted by molar-refractivity contribution is 9.10. The van der Waals surface area contributed by atoms with E-state index in [1.165, 1.54) is 5.69 Å². The van der Waals surface area contributed by atoms with Gasteiger partial charge >= 0.3 is 0 Å². The summed E-state index contributed by atoms with van der Waals surface area (Å²) in [6.07, 6.45) is 1.81. The molecular weight excluding hydrogens is 204 g/mol. The van der Waals surface area contributed by atoms with E-state index in [4.69, 9.17) is 0 Å². The normalized spacial score (nSPS) is 10.7. The minimum atomic E-state index is 0.904. The number of halogens is 1. The molecule has 2 heterocycles. The predicted molar refractivity (Wildman–Crippen MR) is 47.6 cm³/mol. The number of rotatable bonds is 0. The Bertz CT molecular complexity index is 392. The Labute approximate surface area is 73.0 Å². The average molecular weight is 211 g/mol. The Balaban J connectivity index is 2.94. The molecule has 3 heteroatoms. The summed E-state index contributed by atoms with van der Waals surface area (Å²) in [6, 6.07) is 6.11. The quantitative estimate of drug-likeness (QED) is 0.653. The summed E-state index contributed by atoms with van der Waals surface area (Å²) in [7, 11) is 0. The maximum Gasteiger partial charge on any atom is 0.131 e. The molecule has 0 aliphatic rings. The van der Waals surface area contributed by atoms with Gasteiger partial charge in [-0.15, -0.1) is 0 Å². The van der Waals surface area contributed by atoms with Crippen LogP contribution in [0.4, 0.5) is 0 Å². The van der Waals surface area contributed by atoms with E-state index in [1.807, 2.05) is 22.9 Å². The highest BCUT2D eigenvalue weighted by Gasteiger charge is 1.99. The van der Waals surface area contributed by atoms with Crippen molar-refractivity contribution in [3.8, 4) is 0 Å². The molecule has 0 radical (unpaired) electrons. The number of imidazole rings is 1. The van der Waals surface area contributed by atoms with Crippen molar-refractivity contribution >= 4 is 21.4 Å². The van der Waals surface area contributed by atoms with Gasteiger partial charge in [0.1, 0.15) is 10.9 Å². The zero-order valence-corrected chi connectivity index (χ0v) is 7.67. The van der Waals surface area contributed by atoms with E-state index >= 15 is 0 Å².